The molecule has 0 saturated carbocycles. The summed E-state index contributed by atoms with van der Waals surface area (Å²) in [7, 11) is 0. The molecule has 0 amide bonds. The van der Waals surface area contributed by atoms with Crippen LogP contribution in [-0.4, -0.2) is 41.1 Å². The van der Waals surface area contributed by atoms with Gasteiger partial charge in [-0.25, -0.2) is 4.98 Å². The van der Waals surface area contributed by atoms with Crippen LogP contribution < -0.4 is 4.74 Å². The standard InChI is InChI=1S/C24H26ClN3O.ClH/c1-18-17-23(27-24(26-18)21-7-9-22(25)10-8-21)29-16-15-28-13-11-20(12-14-28)19-5-3-2-4-6-19;/h2-10,17,20H,11-16H2,1H3;1H. The van der Waals surface area contributed by atoms with Crippen molar-refractivity contribution in [2.75, 3.05) is 26.2 Å². The smallest absolute Gasteiger partial charge is 0.217 e. The van der Waals surface area contributed by atoms with E-state index in [-0.39, 0.29) is 12.4 Å². The number of hydrogen-bond donors (Lipinski definition) is 0. The monoisotopic (exact) mass is 443 g/mol. The van der Waals surface area contributed by atoms with E-state index in [2.05, 4.69) is 45.2 Å². The third-order valence-electron chi connectivity index (χ3n) is 5.45. The van der Waals surface area contributed by atoms with Crippen LogP contribution in [0.4, 0.5) is 0 Å². The Bertz CT molecular complexity index is 927. The first kappa shape index (κ1) is 22.5. The summed E-state index contributed by atoms with van der Waals surface area (Å²) >= 11 is 5.98. The van der Waals surface area contributed by atoms with Gasteiger partial charge in [0.2, 0.25) is 5.88 Å². The minimum absolute atomic E-state index is 0. The Morgan fingerprint density at radius 2 is 1.70 bits per heavy atom. The molecule has 30 heavy (non-hydrogen) atoms. The summed E-state index contributed by atoms with van der Waals surface area (Å²) in [6, 6.07) is 20.3. The zero-order chi connectivity index (χ0) is 20.1. The number of nitrogens with zero attached hydrogens (tertiary/aromatic N) is 3. The highest BCUT2D eigenvalue weighted by Gasteiger charge is 2.20. The molecule has 0 radical (unpaired) electrons. The summed E-state index contributed by atoms with van der Waals surface area (Å²) in [4.78, 5) is 11.6. The summed E-state index contributed by atoms with van der Waals surface area (Å²) in [6.45, 7) is 5.74. The maximum absolute atomic E-state index is 5.98. The first-order valence-corrected chi connectivity index (χ1v) is 10.6. The van der Waals surface area contributed by atoms with Crippen molar-refractivity contribution in [3.05, 3.63) is 76.9 Å². The van der Waals surface area contributed by atoms with Gasteiger partial charge < -0.3 is 4.74 Å². The Kier molecular flexibility index (Phi) is 8.08. The van der Waals surface area contributed by atoms with Crippen molar-refractivity contribution in [1.29, 1.82) is 0 Å². The molecule has 158 valence electrons. The molecule has 0 atom stereocenters. The van der Waals surface area contributed by atoms with Crippen molar-refractivity contribution in [2.24, 2.45) is 0 Å². The van der Waals surface area contributed by atoms with Crippen LogP contribution in [0.15, 0.2) is 60.7 Å². The first-order chi connectivity index (χ1) is 14.2. The van der Waals surface area contributed by atoms with Crippen molar-refractivity contribution in [1.82, 2.24) is 14.9 Å². The molecule has 4 rings (SSSR count). The van der Waals surface area contributed by atoms with Crippen LogP contribution in [0.1, 0.15) is 30.0 Å². The molecule has 0 bridgehead atoms. The van der Waals surface area contributed by atoms with Crippen LogP contribution >= 0.6 is 24.0 Å². The molecule has 6 heteroatoms. The second-order valence-electron chi connectivity index (χ2n) is 7.55. The van der Waals surface area contributed by atoms with Gasteiger partial charge >= 0.3 is 0 Å². The highest BCUT2D eigenvalue weighted by Crippen LogP contribution is 2.27. The number of piperidine rings is 1. The van der Waals surface area contributed by atoms with Gasteiger partial charge in [0, 0.05) is 28.9 Å². The third kappa shape index (κ3) is 5.94. The number of hydrogen-bond acceptors (Lipinski definition) is 4. The number of aryl methyl sites for hydroxylation is 1. The quantitative estimate of drug-likeness (QED) is 0.483. The molecule has 1 fully saturated rings. The number of ether oxygens (including phenoxy) is 1. The van der Waals surface area contributed by atoms with Crippen LogP contribution in [0.3, 0.4) is 0 Å². The van der Waals surface area contributed by atoms with Gasteiger partial charge in [-0.15, -0.1) is 12.4 Å². The second kappa shape index (κ2) is 10.8. The topological polar surface area (TPSA) is 38.2 Å². The van der Waals surface area contributed by atoms with Gasteiger partial charge in [-0.2, -0.15) is 4.98 Å². The zero-order valence-electron chi connectivity index (χ0n) is 17.1. The second-order valence-corrected chi connectivity index (χ2v) is 7.99. The van der Waals surface area contributed by atoms with Crippen LogP contribution in [0, 0.1) is 6.92 Å². The summed E-state index contributed by atoms with van der Waals surface area (Å²) in [5.74, 6) is 1.97. The van der Waals surface area contributed by atoms with Crippen molar-refractivity contribution in [3.63, 3.8) is 0 Å². The molecule has 2 heterocycles. The van der Waals surface area contributed by atoms with Crippen LogP contribution in [0.5, 0.6) is 5.88 Å². The molecule has 3 aromatic rings. The fraction of sp³-hybridized carbons (Fsp3) is 0.333. The van der Waals surface area contributed by atoms with Gasteiger partial charge in [0.25, 0.3) is 0 Å². The molecule has 1 aliphatic rings. The Hall–Kier alpha value is -2.14. The van der Waals surface area contributed by atoms with E-state index < -0.39 is 0 Å². The highest BCUT2D eigenvalue weighted by molar-refractivity contribution is 6.30. The Morgan fingerprint density at radius 3 is 2.40 bits per heavy atom. The normalized spacial score (nSPS) is 14.9. The predicted molar refractivity (Wildman–Crippen MR) is 125 cm³/mol. The zero-order valence-corrected chi connectivity index (χ0v) is 18.7. The number of aromatic nitrogens is 2. The molecular weight excluding hydrogens is 417 g/mol. The average Bonchev–Trinajstić information content (AvgIpc) is 2.75. The largest absolute Gasteiger partial charge is 0.476 e. The maximum Gasteiger partial charge on any atom is 0.217 e. The van der Waals surface area contributed by atoms with E-state index in [1.807, 2.05) is 37.3 Å². The van der Waals surface area contributed by atoms with Gasteiger partial charge in [0.15, 0.2) is 5.82 Å². The lowest BCUT2D eigenvalue weighted by molar-refractivity contribution is 0.171. The number of likely N-dealkylation sites (tertiary alicyclic amines) is 1. The molecule has 4 nitrogen and oxygen atoms in total. The highest BCUT2D eigenvalue weighted by atomic mass is 35.5. The van der Waals surface area contributed by atoms with Crippen molar-refractivity contribution >= 4 is 24.0 Å². The Balaban J connectivity index is 0.00000256. The van der Waals surface area contributed by atoms with E-state index >= 15 is 0 Å². The van der Waals surface area contributed by atoms with E-state index in [4.69, 9.17) is 16.3 Å². The first-order valence-electron chi connectivity index (χ1n) is 10.2. The van der Waals surface area contributed by atoms with Crippen molar-refractivity contribution in [3.8, 4) is 17.3 Å². The summed E-state index contributed by atoms with van der Waals surface area (Å²) in [5, 5.41) is 0.703. The lowest BCUT2D eigenvalue weighted by Crippen LogP contribution is -2.35. The van der Waals surface area contributed by atoms with E-state index in [9.17, 15) is 0 Å². The lowest BCUT2D eigenvalue weighted by Gasteiger charge is -2.32. The number of halogens is 2. The molecule has 0 unspecified atom stereocenters. The minimum atomic E-state index is 0. The van der Waals surface area contributed by atoms with Crippen LogP contribution in [-0.2, 0) is 0 Å². The number of rotatable bonds is 6. The summed E-state index contributed by atoms with van der Waals surface area (Å²) in [5.41, 5.74) is 3.30. The van der Waals surface area contributed by atoms with E-state index in [0.717, 1.165) is 30.9 Å². The fourth-order valence-electron chi connectivity index (χ4n) is 3.84. The minimum Gasteiger partial charge on any atom is -0.476 e. The van der Waals surface area contributed by atoms with Crippen LogP contribution in [0.25, 0.3) is 11.4 Å². The predicted octanol–water partition coefficient (Wildman–Crippen LogP) is 5.79. The molecule has 1 aromatic heterocycles. The molecule has 0 aliphatic carbocycles. The maximum atomic E-state index is 5.98. The number of benzene rings is 2. The SMILES string of the molecule is Cc1cc(OCCN2CCC(c3ccccc3)CC2)nc(-c2ccc(Cl)cc2)n1.Cl. The van der Waals surface area contributed by atoms with Crippen LogP contribution in [0.2, 0.25) is 5.02 Å². The van der Waals surface area contributed by atoms with Gasteiger partial charge in [-0.1, -0.05) is 41.9 Å². The molecule has 1 saturated heterocycles. The van der Waals surface area contributed by atoms with Gasteiger partial charge in [0.05, 0.1) is 0 Å². The summed E-state index contributed by atoms with van der Waals surface area (Å²) in [6.07, 6.45) is 2.41. The summed E-state index contributed by atoms with van der Waals surface area (Å²) < 4.78 is 5.97. The fourth-order valence-corrected chi connectivity index (χ4v) is 3.96. The van der Waals surface area contributed by atoms with E-state index in [1.165, 1.54) is 18.4 Å². The van der Waals surface area contributed by atoms with Crippen molar-refractivity contribution in [2.45, 2.75) is 25.7 Å². The third-order valence-corrected chi connectivity index (χ3v) is 5.70. The molecule has 0 spiro atoms. The molecule has 2 aromatic carbocycles. The average molecular weight is 444 g/mol. The van der Waals surface area contributed by atoms with Gasteiger partial charge in [-0.3, -0.25) is 4.90 Å². The lowest BCUT2D eigenvalue weighted by atomic mass is 9.89. The van der Waals surface area contributed by atoms with E-state index in [0.29, 0.717) is 29.3 Å². The Labute approximate surface area is 189 Å². The molecule has 0 N–H and O–H groups in total. The molecular formula is C24H27Cl2N3O. The van der Waals surface area contributed by atoms with E-state index in [1.54, 1.807) is 0 Å². The van der Waals surface area contributed by atoms with Gasteiger partial charge in [0.1, 0.15) is 6.61 Å². The molecule has 1 aliphatic heterocycles. The van der Waals surface area contributed by atoms with Crippen molar-refractivity contribution < 1.29 is 4.74 Å². The van der Waals surface area contributed by atoms with Gasteiger partial charge in [-0.05, 0) is 68.6 Å². The Morgan fingerprint density at radius 1 is 1.00 bits per heavy atom.